The molecule has 0 saturated heterocycles. The van der Waals surface area contributed by atoms with Crippen LogP contribution in [0.2, 0.25) is 0 Å². The molecule has 2 saturated carbocycles. The van der Waals surface area contributed by atoms with Crippen molar-refractivity contribution in [2.45, 2.75) is 63.2 Å². The summed E-state index contributed by atoms with van der Waals surface area (Å²) in [5, 5.41) is 9.30. The molecule has 0 aromatic heterocycles. The molecule has 0 heterocycles. The number of methoxy groups -OCH3 is 1. The molecule has 7 heteroatoms. The molecule has 2 aromatic carbocycles. The molecule has 2 aromatic rings. The van der Waals surface area contributed by atoms with E-state index in [0.29, 0.717) is 24.0 Å². The Hall–Kier alpha value is -2.28. The van der Waals surface area contributed by atoms with Gasteiger partial charge in [-0.3, -0.25) is 0 Å². The largest absolute Gasteiger partial charge is 0.494 e. The van der Waals surface area contributed by atoms with E-state index in [1.165, 1.54) is 19.2 Å². The van der Waals surface area contributed by atoms with E-state index < -0.39 is 23.3 Å². The van der Waals surface area contributed by atoms with Gasteiger partial charge in [0, 0.05) is 6.61 Å². The Balaban J connectivity index is 1.33. The van der Waals surface area contributed by atoms with Gasteiger partial charge in [0.25, 0.3) is 0 Å². The number of ether oxygens (including phenoxy) is 2. The fourth-order valence-electron chi connectivity index (χ4n) is 5.50. The average Bonchev–Trinajstić information content (AvgIpc) is 2.87. The van der Waals surface area contributed by atoms with Crippen molar-refractivity contribution in [2.75, 3.05) is 20.3 Å². The van der Waals surface area contributed by atoms with Crippen LogP contribution in [0.15, 0.2) is 24.3 Å². The minimum Gasteiger partial charge on any atom is -0.494 e. The Kier molecular flexibility index (Phi) is 8.02. The van der Waals surface area contributed by atoms with E-state index in [0.717, 1.165) is 38.5 Å². The van der Waals surface area contributed by atoms with Crippen LogP contribution in [0.3, 0.4) is 0 Å². The molecule has 2 fully saturated rings. The van der Waals surface area contributed by atoms with Crippen molar-refractivity contribution >= 4 is 0 Å². The van der Waals surface area contributed by atoms with Gasteiger partial charge < -0.3 is 14.6 Å². The van der Waals surface area contributed by atoms with Crippen LogP contribution >= 0.6 is 0 Å². The zero-order valence-corrected chi connectivity index (χ0v) is 19.5. The molecule has 2 aliphatic rings. The van der Waals surface area contributed by atoms with Gasteiger partial charge in [0.05, 0.1) is 13.7 Å². The first-order chi connectivity index (χ1) is 16.4. The lowest BCUT2D eigenvalue weighted by Gasteiger charge is -2.30. The minimum absolute atomic E-state index is 0.00224. The van der Waals surface area contributed by atoms with Crippen LogP contribution in [0.5, 0.6) is 11.5 Å². The Labute approximate surface area is 198 Å². The van der Waals surface area contributed by atoms with Gasteiger partial charge in [-0.2, -0.15) is 8.78 Å². The van der Waals surface area contributed by atoms with E-state index in [9.17, 15) is 18.3 Å². The number of aliphatic hydroxyl groups excluding tert-OH is 1. The Morgan fingerprint density at radius 1 is 0.676 bits per heavy atom. The SMILES string of the molecule is COc1ccc(OCC2CCC(c3ccc(C4CCC(CO)CC4)c(F)c3F)CC2)c(F)c1F. The van der Waals surface area contributed by atoms with Gasteiger partial charge in [-0.15, -0.1) is 0 Å². The zero-order chi connectivity index (χ0) is 24.2. The standard InChI is InChI=1S/C27H32F4O3/c1-33-22-12-13-23(27(31)26(22)30)34-15-17-4-8-19(9-5-17)21-11-10-20(24(28)25(21)29)18-6-2-16(14-32)3-7-18/h10-13,16-19,32H,2-9,14-15H2,1H3. The van der Waals surface area contributed by atoms with Crippen LogP contribution in [0, 0.1) is 35.1 Å². The van der Waals surface area contributed by atoms with Crippen LogP contribution in [0.4, 0.5) is 17.6 Å². The number of halogens is 4. The number of rotatable bonds is 7. The number of hydrogen-bond donors (Lipinski definition) is 1. The van der Waals surface area contributed by atoms with E-state index in [-0.39, 0.29) is 48.4 Å². The lowest BCUT2D eigenvalue weighted by molar-refractivity contribution is 0.181. The molecule has 0 aliphatic heterocycles. The van der Waals surface area contributed by atoms with Gasteiger partial charge in [-0.05, 0) is 98.3 Å². The maximum absolute atomic E-state index is 15.0. The monoisotopic (exact) mass is 480 g/mol. The molecule has 34 heavy (non-hydrogen) atoms. The Bertz CT molecular complexity index is 980. The van der Waals surface area contributed by atoms with Crippen LogP contribution < -0.4 is 9.47 Å². The van der Waals surface area contributed by atoms with Crippen molar-refractivity contribution in [3.05, 3.63) is 58.7 Å². The van der Waals surface area contributed by atoms with Crippen molar-refractivity contribution in [1.29, 1.82) is 0 Å². The van der Waals surface area contributed by atoms with Crippen LogP contribution in [-0.2, 0) is 0 Å². The second kappa shape index (κ2) is 11.0. The third kappa shape index (κ3) is 5.19. The van der Waals surface area contributed by atoms with Gasteiger partial charge in [0.15, 0.2) is 23.1 Å². The highest BCUT2D eigenvalue weighted by atomic mass is 19.2. The molecule has 0 radical (unpaired) electrons. The summed E-state index contributed by atoms with van der Waals surface area (Å²) in [6, 6.07) is 6.15. The molecule has 186 valence electrons. The van der Waals surface area contributed by atoms with Gasteiger partial charge in [-0.25, -0.2) is 8.78 Å². The summed E-state index contributed by atoms with van der Waals surface area (Å²) in [6.07, 6.45) is 6.05. The highest BCUT2D eigenvalue weighted by Gasteiger charge is 2.30. The second-order valence-corrected chi connectivity index (χ2v) is 9.69. The van der Waals surface area contributed by atoms with Gasteiger partial charge in [-0.1, -0.05) is 12.1 Å². The first-order valence-corrected chi connectivity index (χ1v) is 12.2. The van der Waals surface area contributed by atoms with E-state index in [1.807, 2.05) is 0 Å². The molecule has 0 bridgehead atoms. The Morgan fingerprint density at radius 3 is 1.65 bits per heavy atom. The van der Waals surface area contributed by atoms with Gasteiger partial charge >= 0.3 is 0 Å². The lowest BCUT2D eigenvalue weighted by Crippen LogP contribution is -2.21. The third-order valence-electron chi connectivity index (χ3n) is 7.68. The first kappa shape index (κ1) is 24.8. The molecule has 0 atom stereocenters. The summed E-state index contributed by atoms with van der Waals surface area (Å²) in [5.41, 5.74) is 0.876. The van der Waals surface area contributed by atoms with E-state index >= 15 is 4.39 Å². The lowest BCUT2D eigenvalue weighted by atomic mass is 9.76. The summed E-state index contributed by atoms with van der Waals surface area (Å²) in [7, 11) is 1.27. The molecular formula is C27H32F4O3. The summed E-state index contributed by atoms with van der Waals surface area (Å²) in [6.45, 7) is 0.393. The third-order valence-corrected chi connectivity index (χ3v) is 7.68. The smallest absolute Gasteiger partial charge is 0.204 e. The Morgan fingerprint density at radius 2 is 1.15 bits per heavy atom. The predicted molar refractivity (Wildman–Crippen MR) is 121 cm³/mol. The highest BCUT2D eigenvalue weighted by molar-refractivity contribution is 5.35. The van der Waals surface area contributed by atoms with Crippen molar-refractivity contribution in [2.24, 2.45) is 11.8 Å². The number of benzene rings is 2. The van der Waals surface area contributed by atoms with Crippen molar-refractivity contribution in [1.82, 2.24) is 0 Å². The van der Waals surface area contributed by atoms with Gasteiger partial charge in [0.2, 0.25) is 11.6 Å². The van der Waals surface area contributed by atoms with Crippen LogP contribution in [0.1, 0.15) is 74.3 Å². The predicted octanol–water partition coefficient (Wildman–Crippen LogP) is 6.87. The van der Waals surface area contributed by atoms with Crippen LogP contribution in [-0.4, -0.2) is 25.4 Å². The molecule has 2 aliphatic carbocycles. The fraction of sp³-hybridized carbons (Fsp3) is 0.556. The molecular weight excluding hydrogens is 448 g/mol. The topological polar surface area (TPSA) is 38.7 Å². The average molecular weight is 481 g/mol. The quantitative estimate of drug-likeness (QED) is 0.440. The maximum atomic E-state index is 15.0. The van der Waals surface area contributed by atoms with E-state index in [2.05, 4.69) is 0 Å². The van der Waals surface area contributed by atoms with E-state index in [4.69, 9.17) is 9.47 Å². The van der Waals surface area contributed by atoms with Crippen molar-refractivity contribution in [3.63, 3.8) is 0 Å². The number of hydrogen-bond acceptors (Lipinski definition) is 3. The molecule has 1 N–H and O–H groups in total. The molecule has 0 spiro atoms. The normalized spacial score (nSPS) is 25.2. The molecule has 3 nitrogen and oxygen atoms in total. The first-order valence-electron chi connectivity index (χ1n) is 12.2. The summed E-state index contributed by atoms with van der Waals surface area (Å²) in [5.74, 6) is -3.62. The molecule has 0 amide bonds. The fourth-order valence-corrected chi connectivity index (χ4v) is 5.50. The maximum Gasteiger partial charge on any atom is 0.204 e. The van der Waals surface area contributed by atoms with Crippen molar-refractivity contribution in [3.8, 4) is 11.5 Å². The molecule has 4 rings (SSSR count). The van der Waals surface area contributed by atoms with E-state index in [1.54, 1.807) is 12.1 Å². The van der Waals surface area contributed by atoms with Crippen molar-refractivity contribution < 1.29 is 32.1 Å². The summed E-state index contributed by atoms with van der Waals surface area (Å²) < 4.78 is 68.2. The zero-order valence-electron chi connectivity index (χ0n) is 19.5. The minimum atomic E-state index is -1.08. The van der Waals surface area contributed by atoms with Crippen LogP contribution in [0.25, 0.3) is 0 Å². The summed E-state index contributed by atoms with van der Waals surface area (Å²) in [4.78, 5) is 0. The number of aliphatic hydroxyl groups is 1. The highest BCUT2D eigenvalue weighted by Crippen LogP contribution is 2.41. The van der Waals surface area contributed by atoms with Gasteiger partial charge in [0.1, 0.15) is 0 Å². The summed E-state index contributed by atoms with van der Waals surface area (Å²) >= 11 is 0. The molecule has 0 unspecified atom stereocenters. The second-order valence-electron chi connectivity index (χ2n) is 9.69.